The van der Waals surface area contributed by atoms with Crippen molar-refractivity contribution in [1.29, 1.82) is 0 Å². The first kappa shape index (κ1) is 17.6. The van der Waals surface area contributed by atoms with Crippen molar-refractivity contribution in [2.24, 2.45) is 4.99 Å². The first-order chi connectivity index (χ1) is 11.1. The van der Waals surface area contributed by atoms with E-state index in [1.807, 2.05) is 0 Å². The fourth-order valence-electron chi connectivity index (χ4n) is 1.78. The maximum Gasteiger partial charge on any atom is 0.358 e. The molecule has 0 atom stereocenters. The quantitative estimate of drug-likeness (QED) is 0.663. The van der Waals surface area contributed by atoms with Crippen molar-refractivity contribution in [3.63, 3.8) is 0 Å². The number of aromatic carboxylic acids is 1. The predicted octanol–water partition coefficient (Wildman–Crippen LogP) is 0.496. The Morgan fingerprint density at radius 2 is 2.04 bits per heavy atom. The van der Waals surface area contributed by atoms with Gasteiger partial charge in [0.2, 0.25) is 0 Å². The molecule has 12 heteroatoms. The molecule has 2 aromatic heterocycles. The molecule has 2 rings (SSSR count). The molecule has 0 aliphatic heterocycles. The van der Waals surface area contributed by atoms with Crippen LogP contribution >= 0.6 is 11.3 Å². The number of carbonyl (C=O) groups is 2. The summed E-state index contributed by atoms with van der Waals surface area (Å²) in [5.41, 5.74) is 0.380. The first-order valence-electron chi connectivity index (χ1n) is 6.30. The van der Waals surface area contributed by atoms with E-state index in [4.69, 9.17) is 5.11 Å². The lowest BCUT2D eigenvalue weighted by molar-refractivity contribution is 0.0698. The zero-order chi connectivity index (χ0) is 18.1. The molecular weight excluding hydrogens is 360 g/mol. The standard InChI is InChI=1S/C12H12N4O6S2/c1-6-5-7(2)16(20)11(13-6)14-12(19)15-24(21,22)8-3-4-23-9(8)10(17)18/h3-5,20H,1-2H3,(H,15,19)(H,17,18). The number of rotatable bonds is 3. The van der Waals surface area contributed by atoms with E-state index < -0.39 is 37.4 Å². The van der Waals surface area contributed by atoms with Crippen LogP contribution in [0.2, 0.25) is 0 Å². The highest BCUT2D eigenvalue weighted by Crippen LogP contribution is 2.21. The van der Waals surface area contributed by atoms with Crippen LogP contribution in [0.5, 0.6) is 0 Å². The highest BCUT2D eigenvalue weighted by molar-refractivity contribution is 7.90. The van der Waals surface area contributed by atoms with Gasteiger partial charge < -0.3 is 10.3 Å². The minimum atomic E-state index is -4.43. The monoisotopic (exact) mass is 372 g/mol. The molecule has 0 fully saturated rings. The summed E-state index contributed by atoms with van der Waals surface area (Å²) < 4.78 is 26.3. The lowest BCUT2D eigenvalue weighted by Gasteiger charge is -2.05. The summed E-state index contributed by atoms with van der Waals surface area (Å²) in [6.45, 7) is 3.14. The van der Waals surface area contributed by atoms with Gasteiger partial charge in [-0.2, -0.15) is 9.72 Å². The average molecular weight is 372 g/mol. The van der Waals surface area contributed by atoms with Gasteiger partial charge in [0.25, 0.3) is 15.6 Å². The molecule has 2 heterocycles. The Balaban J connectivity index is 2.38. The lowest BCUT2D eigenvalue weighted by Crippen LogP contribution is -2.33. The molecule has 0 aliphatic rings. The normalized spacial score (nSPS) is 12.2. The molecule has 0 unspecified atom stereocenters. The number of hydrogen-bond acceptors (Lipinski definition) is 7. The van der Waals surface area contributed by atoms with Crippen molar-refractivity contribution in [1.82, 2.24) is 14.4 Å². The van der Waals surface area contributed by atoms with Crippen LogP contribution in [-0.4, -0.2) is 40.4 Å². The molecule has 128 valence electrons. The van der Waals surface area contributed by atoms with E-state index in [0.29, 0.717) is 27.5 Å². The fourth-order valence-corrected chi connectivity index (χ4v) is 3.93. The van der Waals surface area contributed by atoms with E-state index in [2.05, 4.69) is 9.98 Å². The molecule has 3 N–H and O–H groups in total. The average Bonchev–Trinajstić information content (AvgIpc) is 2.94. The van der Waals surface area contributed by atoms with Crippen LogP contribution in [-0.2, 0) is 10.0 Å². The number of aromatic nitrogens is 2. The lowest BCUT2D eigenvalue weighted by atomic mass is 10.4. The van der Waals surface area contributed by atoms with Crippen molar-refractivity contribution < 1.29 is 28.3 Å². The topological polar surface area (TPSA) is 151 Å². The molecule has 24 heavy (non-hydrogen) atoms. The second kappa shape index (κ2) is 6.41. The van der Waals surface area contributed by atoms with E-state index >= 15 is 0 Å². The predicted molar refractivity (Wildman–Crippen MR) is 81.4 cm³/mol. The van der Waals surface area contributed by atoms with E-state index in [1.165, 1.54) is 18.4 Å². The molecule has 0 saturated carbocycles. The zero-order valence-electron chi connectivity index (χ0n) is 12.4. The fraction of sp³-hybridized carbons (Fsp3) is 0.167. The Kier molecular flexibility index (Phi) is 4.71. The number of urea groups is 1. The number of hydrogen-bond donors (Lipinski definition) is 3. The number of nitrogens with one attached hydrogen (secondary N) is 1. The minimum Gasteiger partial charge on any atom is -0.477 e. The first-order valence-corrected chi connectivity index (χ1v) is 8.67. The summed E-state index contributed by atoms with van der Waals surface area (Å²) in [4.78, 5) is 29.0. The SMILES string of the molecule is Cc1cc(C)n(O)c(=NC(=O)NS(=O)(=O)c2ccsc2C(=O)O)n1. The molecule has 0 aliphatic carbocycles. The van der Waals surface area contributed by atoms with Crippen LogP contribution in [0.1, 0.15) is 21.1 Å². The van der Waals surface area contributed by atoms with Crippen molar-refractivity contribution in [2.45, 2.75) is 18.7 Å². The third-order valence-corrected chi connectivity index (χ3v) is 5.15. The molecule has 10 nitrogen and oxygen atoms in total. The highest BCUT2D eigenvalue weighted by Gasteiger charge is 2.25. The number of nitrogens with zero attached hydrogens (tertiary/aromatic N) is 3. The molecule has 0 spiro atoms. The van der Waals surface area contributed by atoms with E-state index in [0.717, 1.165) is 6.07 Å². The molecule has 2 aromatic rings. The Labute approximate surface area is 139 Å². The Bertz CT molecular complexity index is 989. The minimum absolute atomic E-state index is 0.336. The number of carbonyl (C=O) groups excluding carboxylic acids is 1. The van der Waals surface area contributed by atoms with Crippen LogP contribution in [0.4, 0.5) is 4.79 Å². The van der Waals surface area contributed by atoms with Crippen molar-refractivity contribution in [3.8, 4) is 0 Å². The number of sulfonamides is 1. The molecule has 0 aromatic carbocycles. The maximum atomic E-state index is 12.1. The molecule has 0 bridgehead atoms. The second-order valence-electron chi connectivity index (χ2n) is 4.59. The second-order valence-corrected chi connectivity index (χ2v) is 7.16. The van der Waals surface area contributed by atoms with Crippen LogP contribution in [0, 0.1) is 13.8 Å². The van der Waals surface area contributed by atoms with Gasteiger partial charge in [-0.3, -0.25) is 0 Å². The van der Waals surface area contributed by atoms with Gasteiger partial charge in [-0.25, -0.2) is 27.7 Å². The summed E-state index contributed by atoms with van der Waals surface area (Å²) in [6, 6.07) is 1.27. The third-order valence-electron chi connectivity index (χ3n) is 2.75. The Hall–Kier alpha value is -2.73. The van der Waals surface area contributed by atoms with E-state index in [-0.39, 0.29) is 0 Å². The summed E-state index contributed by atoms with van der Waals surface area (Å²) in [5, 5.41) is 19.9. The molecule has 0 saturated heterocycles. The number of amides is 2. The van der Waals surface area contributed by atoms with Crippen LogP contribution in [0.25, 0.3) is 0 Å². The third kappa shape index (κ3) is 3.60. The summed E-state index contributed by atoms with van der Waals surface area (Å²) in [5.74, 6) is -1.43. The number of aryl methyl sites for hydroxylation is 2. The number of carboxylic acid groups (broad SMARTS) is 1. The summed E-state index contributed by atoms with van der Waals surface area (Å²) in [7, 11) is -4.43. The van der Waals surface area contributed by atoms with E-state index in [1.54, 1.807) is 11.6 Å². The van der Waals surface area contributed by atoms with Crippen LogP contribution < -0.4 is 10.3 Å². The largest absolute Gasteiger partial charge is 0.477 e. The van der Waals surface area contributed by atoms with Crippen LogP contribution in [0.3, 0.4) is 0 Å². The van der Waals surface area contributed by atoms with Crippen LogP contribution in [0.15, 0.2) is 27.4 Å². The van der Waals surface area contributed by atoms with Gasteiger partial charge in [0.15, 0.2) is 0 Å². The molecule has 2 amide bonds. The van der Waals surface area contributed by atoms with E-state index in [9.17, 15) is 23.2 Å². The van der Waals surface area contributed by atoms with Gasteiger partial charge in [-0.15, -0.1) is 11.3 Å². The summed E-state index contributed by atoms with van der Waals surface area (Å²) in [6.07, 6.45) is 0. The highest BCUT2D eigenvalue weighted by atomic mass is 32.2. The van der Waals surface area contributed by atoms with Gasteiger partial charge in [-0.05, 0) is 31.4 Å². The van der Waals surface area contributed by atoms with Gasteiger partial charge in [0.05, 0.1) is 5.69 Å². The molecular formula is C12H12N4O6S2. The summed E-state index contributed by atoms with van der Waals surface area (Å²) >= 11 is 0.705. The van der Waals surface area contributed by atoms with Gasteiger partial charge in [-0.1, -0.05) is 0 Å². The van der Waals surface area contributed by atoms with Crippen molar-refractivity contribution in [2.75, 3.05) is 0 Å². The maximum absolute atomic E-state index is 12.1. The number of carboxylic acids is 1. The Morgan fingerprint density at radius 1 is 1.38 bits per heavy atom. The smallest absolute Gasteiger partial charge is 0.358 e. The van der Waals surface area contributed by atoms with Gasteiger partial charge >= 0.3 is 12.0 Å². The van der Waals surface area contributed by atoms with Crippen molar-refractivity contribution >= 4 is 33.4 Å². The van der Waals surface area contributed by atoms with Crippen molar-refractivity contribution in [3.05, 3.63) is 39.4 Å². The number of thiophene rings is 1. The van der Waals surface area contributed by atoms with Gasteiger partial charge in [0.1, 0.15) is 9.77 Å². The van der Waals surface area contributed by atoms with Gasteiger partial charge in [0, 0.05) is 5.69 Å². The Morgan fingerprint density at radius 3 is 2.67 bits per heavy atom. The zero-order valence-corrected chi connectivity index (χ0v) is 14.1. The molecule has 0 radical (unpaired) electrons.